The molecule has 2 aromatic carbocycles. The SMILES string of the molecule is Cc1c(S(=O)(=O)N2CCNC(=O)C2CC(=O)N[C@@H]2CCCc3cc(CNC(C)(C)C)ccc32)sc2ccc(Cl)cc12. The first kappa shape index (κ1) is 30.0. The Hall–Kier alpha value is -2.50. The van der Waals surface area contributed by atoms with Crippen molar-refractivity contribution in [2.75, 3.05) is 13.1 Å². The highest BCUT2D eigenvalue weighted by Crippen LogP contribution is 2.38. The van der Waals surface area contributed by atoms with Crippen LogP contribution in [0.4, 0.5) is 0 Å². The van der Waals surface area contributed by atoms with Crippen molar-refractivity contribution >= 4 is 54.9 Å². The standard InChI is InChI=1S/C30H37ClN4O4S2/c1-18-23-15-21(31)9-11-26(23)40-29(18)41(38,39)35-13-12-32-28(37)25(35)16-27(36)34-24-7-5-6-20-14-19(8-10-22(20)24)17-33-30(2,3)4/h8-11,14-15,24-25,33H,5-7,12-13,16-17H2,1-4H3,(H,32,37)(H,34,36)/t24-,25?/m1/s1. The molecule has 2 aliphatic rings. The van der Waals surface area contributed by atoms with Gasteiger partial charge in [-0.25, -0.2) is 8.42 Å². The summed E-state index contributed by atoms with van der Waals surface area (Å²) in [4.78, 5) is 26.3. The zero-order valence-electron chi connectivity index (χ0n) is 23.8. The highest BCUT2D eigenvalue weighted by atomic mass is 35.5. The molecular weight excluding hydrogens is 580 g/mol. The van der Waals surface area contributed by atoms with Crippen LogP contribution in [-0.2, 0) is 32.6 Å². The molecule has 1 fully saturated rings. The molecule has 2 amide bonds. The molecule has 8 nitrogen and oxygen atoms in total. The van der Waals surface area contributed by atoms with Crippen LogP contribution in [0.2, 0.25) is 5.02 Å². The van der Waals surface area contributed by atoms with E-state index in [-0.39, 0.29) is 41.2 Å². The van der Waals surface area contributed by atoms with E-state index in [4.69, 9.17) is 11.6 Å². The Balaban J connectivity index is 1.33. The van der Waals surface area contributed by atoms with Crippen LogP contribution in [0.1, 0.15) is 68.3 Å². The number of carbonyl (C=O) groups excluding carboxylic acids is 2. The number of benzene rings is 2. The number of aryl methyl sites for hydroxylation is 2. The second kappa shape index (κ2) is 11.6. The van der Waals surface area contributed by atoms with E-state index in [1.165, 1.54) is 15.4 Å². The number of thiophene rings is 1. The van der Waals surface area contributed by atoms with Crippen molar-refractivity contribution in [2.24, 2.45) is 0 Å². The molecule has 0 spiro atoms. The summed E-state index contributed by atoms with van der Waals surface area (Å²) in [5, 5.41) is 10.6. The molecule has 2 heterocycles. The number of hydrogen-bond donors (Lipinski definition) is 3. The average Bonchev–Trinajstić information content (AvgIpc) is 3.24. The fourth-order valence-corrected chi connectivity index (χ4v) is 9.24. The summed E-state index contributed by atoms with van der Waals surface area (Å²) in [5.74, 6) is -0.805. The number of fused-ring (bicyclic) bond motifs is 2. The molecule has 3 aromatic rings. The van der Waals surface area contributed by atoms with Gasteiger partial charge in [0.2, 0.25) is 11.8 Å². The first-order valence-corrected chi connectivity index (χ1v) is 16.6. The Morgan fingerprint density at radius 1 is 1.20 bits per heavy atom. The van der Waals surface area contributed by atoms with Gasteiger partial charge >= 0.3 is 0 Å². The van der Waals surface area contributed by atoms with Gasteiger partial charge in [0.25, 0.3) is 10.0 Å². The maximum atomic E-state index is 13.9. The van der Waals surface area contributed by atoms with Crippen LogP contribution < -0.4 is 16.0 Å². The van der Waals surface area contributed by atoms with Crippen molar-refractivity contribution in [3.63, 3.8) is 0 Å². The van der Waals surface area contributed by atoms with E-state index >= 15 is 0 Å². The van der Waals surface area contributed by atoms with E-state index in [2.05, 4.69) is 54.9 Å². The molecule has 41 heavy (non-hydrogen) atoms. The number of carbonyl (C=O) groups is 2. The Labute approximate surface area is 250 Å². The lowest BCUT2D eigenvalue weighted by atomic mass is 9.86. The van der Waals surface area contributed by atoms with Crippen LogP contribution in [0.5, 0.6) is 0 Å². The molecule has 1 saturated heterocycles. The molecule has 1 aliphatic heterocycles. The lowest BCUT2D eigenvalue weighted by Gasteiger charge is -2.34. The van der Waals surface area contributed by atoms with Gasteiger partial charge in [-0.05, 0) is 92.8 Å². The molecule has 1 aromatic heterocycles. The number of halogens is 1. The Morgan fingerprint density at radius 3 is 2.73 bits per heavy atom. The predicted octanol–water partition coefficient (Wildman–Crippen LogP) is 4.82. The third-order valence-electron chi connectivity index (χ3n) is 7.74. The van der Waals surface area contributed by atoms with Crippen molar-refractivity contribution in [1.29, 1.82) is 0 Å². The van der Waals surface area contributed by atoms with Crippen molar-refractivity contribution in [3.8, 4) is 0 Å². The highest BCUT2D eigenvalue weighted by Gasteiger charge is 2.41. The fourth-order valence-electron chi connectivity index (χ4n) is 5.62. The summed E-state index contributed by atoms with van der Waals surface area (Å²) in [7, 11) is -4.04. The van der Waals surface area contributed by atoms with Crippen molar-refractivity contribution < 1.29 is 18.0 Å². The Bertz CT molecular complexity index is 1600. The number of sulfonamides is 1. The van der Waals surface area contributed by atoms with E-state index in [0.29, 0.717) is 10.6 Å². The molecule has 2 atom stereocenters. The normalized spacial score (nSPS) is 20.1. The molecule has 0 saturated carbocycles. The van der Waals surface area contributed by atoms with Gasteiger partial charge in [0.05, 0.1) is 12.5 Å². The number of amides is 2. The fraction of sp³-hybridized carbons (Fsp3) is 0.467. The second-order valence-electron chi connectivity index (χ2n) is 11.9. The first-order chi connectivity index (χ1) is 19.3. The summed E-state index contributed by atoms with van der Waals surface area (Å²) < 4.78 is 29.9. The minimum Gasteiger partial charge on any atom is -0.353 e. The minimum atomic E-state index is -4.04. The van der Waals surface area contributed by atoms with E-state index < -0.39 is 22.0 Å². The lowest BCUT2D eigenvalue weighted by molar-refractivity contribution is -0.132. The molecule has 0 bridgehead atoms. The van der Waals surface area contributed by atoms with E-state index in [1.54, 1.807) is 25.1 Å². The highest BCUT2D eigenvalue weighted by molar-refractivity contribution is 7.91. The van der Waals surface area contributed by atoms with Crippen LogP contribution in [0.3, 0.4) is 0 Å². The molecular formula is C30H37ClN4O4S2. The minimum absolute atomic E-state index is 0.0164. The maximum absolute atomic E-state index is 13.9. The quantitative estimate of drug-likeness (QED) is 0.353. The summed E-state index contributed by atoms with van der Waals surface area (Å²) >= 11 is 7.31. The average molecular weight is 617 g/mol. The van der Waals surface area contributed by atoms with E-state index in [0.717, 1.165) is 52.8 Å². The monoisotopic (exact) mass is 616 g/mol. The number of nitrogens with one attached hydrogen (secondary N) is 3. The third-order valence-corrected chi connectivity index (χ3v) is 11.8. The molecule has 11 heteroatoms. The lowest BCUT2D eigenvalue weighted by Crippen LogP contribution is -2.58. The largest absolute Gasteiger partial charge is 0.353 e. The van der Waals surface area contributed by atoms with Gasteiger partial charge in [-0.3, -0.25) is 9.59 Å². The smallest absolute Gasteiger partial charge is 0.253 e. The second-order valence-corrected chi connectivity index (χ2v) is 15.5. The van der Waals surface area contributed by atoms with Crippen LogP contribution in [0.15, 0.2) is 40.6 Å². The van der Waals surface area contributed by atoms with E-state index in [9.17, 15) is 18.0 Å². The first-order valence-electron chi connectivity index (χ1n) is 14.0. The summed E-state index contributed by atoms with van der Waals surface area (Å²) in [6.07, 6.45) is 2.43. The van der Waals surface area contributed by atoms with Crippen LogP contribution in [0.25, 0.3) is 10.1 Å². The molecule has 0 radical (unpaired) electrons. The Kier molecular flexibility index (Phi) is 8.51. The maximum Gasteiger partial charge on any atom is 0.253 e. The zero-order valence-corrected chi connectivity index (χ0v) is 26.2. The summed E-state index contributed by atoms with van der Waals surface area (Å²) in [5.41, 5.74) is 4.11. The zero-order chi connectivity index (χ0) is 29.5. The molecule has 1 unspecified atom stereocenters. The molecule has 5 rings (SSSR count). The van der Waals surface area contributed by atoms with Gasteiger partial charge in [-0.2, -0.15) is 4.31 Å². The molecule has 3 N–H and O–H groups in total. The molecule has 1 aliphatic carbocycles. The van der Waals surface area contributed by atoms with Gasteiger partial charge < -0.3 is 16.0 Å². The number of hydrogen-bond acceptors (Lipinski definition) is 6. The van der Waals surface area contributed by atoms with Crippen molar-refractivity contribution in [3.05, 3.63) is 63.7 Å². The van der Waals surface area contributed by atoms with Crippen molar-refractivity contribution in [1.82, 2.24) is 20.3 Å². The summed E-state index contributed by atoms with van der Waals surface area (Å²) in [6, 6.07) is 10.3. The third kappa shape index (κ3) is 6.46. The number of rotatable bonds is 7. The van der Waals surface area contributed by atoms with Crippen LogP contribution >= 0.6 is 22.9 Å². The van der Waals surface area contributed by atoms with Crippen molar-refractivity contribution in [2.45, 2.75) is 81.8 Å². The van der Waals surface area contributed by atoms with Gasteiger partial charge in [0.1, 0.15) is 10.3 Å². The van der Waals surface area contributed by atoms with E-state index in [1.807, 2.05) is 0 Å². The summed E-state index contributed by atoms with van der Waals surface area (Å²) in [6.45, 7) is 9.20. The van der Waals surface area contributed by atoms with Gasteiger partial charge in [0.15, 0.2) is 0 Å². The van der Waals surface area contributed by atoms with Crippen LogP contribution in [-0.4, -0.2) is 49.2 Å². The van der Waals surface area contributed by atoms with Gasteiger partial charge in [-0.15, -0.1) is 11.3 Å². The Morgan fingerprint density at radius 2 is 1.98 bits per heavy atom. The van der Waals surface area contributed by atoms with Gasteiger partial charge in [-0.1, -0.05) is 29.8 Å². The predicted molar refractivity (Wildman–Crippen MR) is 164 cm³/mol. The topological polar surface area (TPSA) is 108 Å². The molecule has 220 valence electrons. The van der Waals surface area contributed by atoms with Crippen LogP contribution in [0, 0.1) is 6.92 Å². The number of piperazine rings is 1. The number of nitrogens with zero attached hydrogens (tertiary/aromatic N) is 1. The van der Waals surface area contributed by atoms with Gasteiger partial charge in [0, 0.05) is 34.9 Å².